The van der Waals surface area contributed by atoms with Crippen LogP contribution in [-0.2, 0) is 14.3 Å². The van der Waals surface area contributed by atoms with Crippen LogP contribution < -0.4 is 9.64 Å². The van der Waals surface area contributed by atoms with Crippen molar-refractivity contribution in [1.29, 1.82) is 0 Å². The number of amides is 2. The van der Waals surface area contributed by atoms with E-state index in [0.717, 1.165) is 28.8 Å². The molecule has 3 aromatic rings. The van der Waals surface area contributed by atoms with Crippen LogP contribution in [0, 0.1) is 6.92 Å². The molecule has 1 saturated heterocycles. The van der Waals surface area contributed by atoms with E-state index in [1.165, 1.54) is 4.90 Å². The fraction of sp³-hybridized carbons (Fsp3) is 0.462. The summed E-state index contributed by atoms with van der Waals surface area (Å²) in [6.45, 7) is 8.65. The lowest BCUT2D eigenvalue weighted by atomic mass is 10.0. The molecule has 0 spiro atoms. The molecule has 3 aromatic heterocycles. The summed E-state index contributed by atoms with van der Waals surface area (Å²) >= 11 is 0. The lowest BCUT2D eigenvalue weighted by molar-refractivity contribution is -0.121. The van der Waals surface area contributed by atoms with E-state index in [2.05, 4.69) is 30.3 Å². The van der Waals surface area contributed by atoms with E-state index in [-0.39, 0.29) is 36.6 Å². The highest BCUT2D eigenvalue weighted by atomic mass is 16.5. The monoisotopic (exact) mass is 464 g/mol. The first kappa shape index (κ1) is 23.9. The van der Waals surface area contributed by atoms with Gasteiger partial charge in [0.2, 0.25) is 17.7 Å². The van der Waals surface area contributed by atoms with Gasteiger partial charge in [-0.15, -0.1) is 0 Å². The molecule has 0 aromatic carbocycles. The minimum Gasteiger partial charge on any atom is -0.480 e. The first-order valence-electron chi connectivity index (χ1n) is 11.7. The molecule has 1 aliphatic heterocycles. The number of rotatable bonds is 8. The number of nitrogens with zero attached hydrogens (tertiary/aromatic N) is 4. The van der Waals surface area contributed by atoms with Crippen molar-refractivity contribution in [2.45, 2.75) is 58.9 Å². The number of pyridine rings is 2. The van der Waals surface area contributed by atoms with Crippen molar-refractivity contribution in [3.05, 3.63) is 35.7 Å². The third kappa shape index (κ3) is 3.96. The summed E-state index contributed by atoms with van der Waals surface area (Å²) in [6.07, 6.45) is 3.21. The lowest BCUT2D eigenvalue weighted by Crippen LogP contribution is -2.30. The summed E-state index contributed by atoms with van der Waals surface area (Å²) in [7, 11) is 3.26. The van der Waals surface area contributed by atoms with Crippen molar-refractivity contribution >= 4 is 28.5 Å². The normalized spacial score (nSPS) is 15.1. The zero-order valence-electron chi connectivity index (χ0n) is 20.7. The number of carbonyl (C=O) groups is 2. The van der Waals surface area contributed by atoms with Crippen molar-refractivity contribution < 1.29 is 19.1 Å². The van der Waals surface area contributed by atoms with Crippen molar-refractivity contribution in [3.63, 3.8) is 0 Å². The predicted octanol–water partition coefficient (Wildman–Crippen LogP) is 4.79. The highest BCUT2D eigenvalue weighted by Crippen LogP contribution is 2.41. The smallest absolute Gasteiger partial charge is 0.234 e. The van der Waals surface area contributed by atoms with Gasteiger partial charge in [0.05, 0.1) is 47.7 Å². The van der Waals surface area contributed by atoms with Crippen LogP contribution in [0.5, 0.6) is 5.88 Å². The number of aromatic nitrogens is 3. The fourth-order valence-electron chi connectivity index (χ4n) is 4.63. The molecule has 4 rings (SSSR count). The van der Waals surface area contributed by atoms with Gasteiger partial charge < -0.3 is 14.0 Å². The Morgan fingerprint density at radius 3 is 2.35 bits per heavy atom. The second kappa shape index (κ2) is 9.54. The molecule has 180 valence electrons. The van der Waals surface area contributed by atoms with Crippen molar-refractivity contribution in [1.82, 2.24) is 14.5 Å². The minimum atomic E-state index is -0.195. The van der Waals surface area contributed by atoms with E-state index < -0.39 is 0 Å². The molecule has 1 fully saturated rings. The zero-order valence-corrected chi connectivity index (χ0v) is 20.7. The van der Waals surface area contributed by atoms with Crippen LogP contribution in [0.4, 0.5) is 5.69 Å². The Bertz CT molecular complexity index is 1230. The first-order chi connectivity index (χ1) is 16.3. The Balaban J connectivity index is 2.03. The van der Waals surface area contributed by atoms with Gasteiger partial charge in [0.1, 0.15) is 0 Å². The maximum absolute atomic E-state index is 12.9. The molecule has 1 aliphatic rings. The summed E-state index contributed by atoms with van der Waals surface area (Å²) in [6, 6.07) is 5.89. The molecular formula is C26H32N4O4. The number of methoxy groups -OCH3 is 2. The van der Waals surface area contributed by atoms with Gasteiger partial charge in [0.15, 0.2) is 0 Å². The SMILES string of the molecule is CC[C@H](COC)n1ccc2nc(-c3ccc(C(C)C)nc3OC)c(C)c(N3C(=O)CCC3=O)c21. The molecule has 2 amide bonds. The third-order valence-electron chi connectivity index (χ3n) is 6.48. The molecule has 8 heteroatoms. The molecule has 1 atom stereocenters. The minimum absolute atomic E-state index is 0.0441. The number of anilines is 1. The standard InChI is InChI=1S/C26H32N4O4/c1-7-17(14-33-5)29-13-12-20-25(29)24(30-21(31)10-11-22(30)32)16(4)23(27-20)18-8-9-19(15(2)3)28-26(18)34-6/h8-9,12-13,15,17H,7,10-11,14H2,1-6H3/t17-/m1/s1. The molecule has 0 bridgehead atoms. The Labute approximate surface area is 199 Å². The molecular weight excluding hydrogens is 432 g/mol. The van der Waals surface area contributed by atoms with Crippen molar-refractivity contribution in [2.75, 3.05) is 25.7 Å². The topological polar surface area (TPSA) is 86.6 Å². The molecule has 34 heavy (non-hydrogen) atoms. The molecule has 0 N–H and O–H groups in total. The van der Waals surface area contributed by atoms with Gasteiger partial charge in [-0.05, 0) is 37.5 Å². The number of hydrogen-bond acceptors (Lipinski definition) is 6. The van der Waals surface area contributed by atoms with Crippen molar-refractivity contribution in [3.8, 4) is 17.1 Å². The number of hydrogen-bond donors (Lipinski definition) is 0. The molecule has 8 nitrogen and oxygen atoms in total. The number of imide groups is 1. The van der Waals surface area contributed by atoms with Crippen LogP contribution in [0.2, 0.25) is 0 Å². The van der Waals surface area contributed by atoms with Crippen molar-refractivity contribution in [2.24, 2.45) is 0 Å². The van der Waals surface area contributed by atoms with Crippen LogP contribution in [0.15, 0.2) is 24.4 Å². The number of carbonyl (C=O) groups excluding carboxylic acids is 2. The highest BCUT2D eigenvalue weighted by Gasteiger charge is 2.35. The van der Waals surface area contributed by atoms with Crippen LogP contribution in [0.3, 0.4) is 0 Å². The summed E-state index contributed by atoms with van der Waals surface area (Å²) in [5, 5.41) is 0. The summed E-state index contributed by atoms with van der Waals surface area (Å²) in [5.41, 5.74) is 5.08. The summed E-state index contributed by atoms with van der Waals surface area (Å²) in [5.74, 6) is 0.325. The quantitative estimate of drug-likeness (QED) is 0.446. The van der Waals surface area contributed by atoms with Crippen LogP contribution in [-0.4, -0.2) is 47.2 Å². The van der Waals surface area contributed by atoms with E-state index in [1.807, 2.05) is 31.3 Å². The largest absolute Gasteiger partial charge is 0.480 e. The molecule has 0 aliphatic carbocycles. The van der Waals surface area contributed by atoms with Gasteiger partial charge in [0, 0.05) is 37.4 Å². The van der Waals surface area contributed by atoms with Crippen LogP contribution in [0.1, 0.15) is 63.3 Å². The second-order valence-corrected chi connectivity index (χ2v) is 8.98. The molecule has 4 heterocycles. The van der Waals surface area contributed by atoms with E-state index in [4.69, 9.17) is 14.5 Å². The Kier molecular flexibility index (Phi) is 6.70. The summed E-state index contributed by atoms with van der Waals surface area (Å²) in [4.78, 5) is 36.8. The number of ether oxygens (including phenoxy) is 2. The van der Waals surface area contributed by atoms with Crippen LogP contribution >= 0.6 is 0 Å². The van der Waals surface area contributed by atoms with E-state index in [1.54, 1.807) is 14.2 Å². The highest BCUT2D eigenvalue weighted by molar-refractivity contribution is 6.23. The third-order valence-corrected chi connectivity index (χ3v) is 6.48. The zero-order chi connectivity index (χ0) is 24.6. The average molecular weight is 465 g/mol. The van der Waals surface area contributed by atoms with Crippen LogP contribution in [0.25, 0.3) is 22.3 Å². The van der Waals surface area contributed by atoms with Gasteiger partial charge in [-0.1, -0.05) is 20.8 Å². The van der Waals surface area contributed by atoms with Gasteiger partial charge in [-0.2, -0.15) is 0 Å². The molecule has 0 saturated carbocycles. The molecule has 0 radical (unpaired) electrons. The first-order valence-corrected chi connectivity index (χ1v) is 11.7. The summed E-state index contributed by atoms with van der Waals surface area (Å²) < 4.78 is 13.2. The van der Waals surface area contributed by atoms with E-state index >= 15 is 0 Å². The Morgan fingerprint density at radius 1 is 1.06 bits per heavy atom. The van der Waals surface area contributed by atoms with Gasteiger partial charge >= 0.3 is 0 Å². The van der Waals surface area contributed by atoms with Gasteiger partial charge in [-0.3, -0.25) is 9.59 Å². The average Bonchev–Trinajstić information content (AvgIpc) is 3.39. The lowest BCUT2D eigenvalue weighted by Gasteiger charge is -2.24. The maximum Gasteiger partial charge on any atom is 0.234 e. The van der Waals surface area contributed by atoms with E-state index in [0.29, 0.717) is 29.4 Å². The maximum atomic E-state index is 12.9. The predicted molar refractivity (Wildman–Crippen MR) is 131 cm³/mol. The van der Waals surface area contributed by atoms with Gasteiger partial charge in [-0.25, -0.2) is 14.9 Å². The second-order valence-electron chi connectivity index (χ2n) is 8.98. The van der Waals surface area contributed by atoms with E-state index in [9.17, 15) is 9.59 Å². The fourth-order valence-corrected chi connectivity index (χ4v) is 4.63. The van der Waals surface area contributed by atoms with Gasteiger partial charge in [0.25, 0.3) is 0 Å². The Morgan fingerprint density at radius 2 is 1.76 bits per heavy atom. The Hall–Kier alpha value is -3.26. The number of fused-ring (bicyclic) bond motifs is 1. The molecule has 0 unspecified atom stereocenters.